The van der Waals surface area contributed by atoms with Gasteiger partial charge in [0.2, 0.25) is 0 Å². The highest BCUT2D eigenvalue weighted by atomic mass is 31.2. The van der Waals surface area contributed by atoms with Gasteiger partial charge in [-0.05, 0) is 70.6 Å². The van der Waals surface area contributed by atoms with E-state index >= 15 is 0 Å². The molecule has 0 aliphatic carbocycles. The number of unbranched alkanes of at least 4 members (excludes halogenated alkanes) is 8. The fourth-order valence-corrected chi connectivity index (χ4v) is 4.55. The Hall–Kier alpha value is -2.77. The molecule has 0 radical (unpaired) electrons. The van der Waals surface area contributed by atoms with Crippen molar-refractivity contribution in [3.63, 3.8) is 0 Å². The van der Waals surface area contributed by atoms with Crippen molar-refractivity contribution in [3.8, 4) is 0 Å². The van der Waals surface area contributed by atoms with E-state index in [9.17, 15) is 14.2 Å². The van der Waals surface area contributed by atoms with E-state index in [-0.39, 0.29) is 19.4 Å². The van der Waals surface area contributed by atoms with Crippen LogP contribution in [-0.4, -0.2) is 41.0 Å². The molecule has 266 valence electrons. The van der Waals surface area contributed by atoms with E-state index in [4.69, 9.17) is 19.3 Å². The lowest BCUT2D eigenvalue weighted by Crippen LogP contribution is -2.29. The first-order chi connectivity index (χ1) is 22.8. The van der Waals surface area contributed by atoms with E-state index in [1.807, 2.05) is 18.2 Å². The summed E-state index contributed by atoms with van der Waals surface area (Å²) in [5, 5.41) is 0. The number of phosphoric acid groups is 1. The van der Waals surface area contributed by atoms with Crippen molar-refractivity contribution >= 4 is 19.8 Å². The predicted octanol–water partition coefficient (Wildman–Crippen LogP) is 10.1. The molecule has 47 heavy (non-hydrogen) atoms. The van der Waals surface area contributed by atoms with Gasteiger partial charge < -0.3 is 19.3 Å². The second-order valence-electron chi connectivity index (χ2n) is 11.1. The van der Waals surface area contributed by atoms with Crippen LogP contribution in [0, 0.1) is 0 Å². The van der Waals surface area contributed by atoms with E-state index < -0.39 is 32.5 Å². The molecule has 9 heteroatoms. The van der Waals surface area contributed by atoms with Crippen LogP contribution in [0.3, 0.4) is 0 Å². The lowest BCUT2D eigenvalue weighted by molar-refractivity contribution is -0.161. The zero-order valence-electron chi connectivity index (χ0n) is 28.9. The number of allylic oxidation sites excluding steroid dienone is 14. The Labute approximate surface area is 284 Å². The Bertz CT molecular complexity index is 1030. The molecule has 0 rings (SSSR count). The smallest absolute Gasteiger partial charge is 0.462 e. The average Bonchev–Trinajstić information content (AvgIpc) is 3.03. The molecule has 0 aromatic carbocycles. The maximum atomic E-state index is 12.3. The minimum atomic E-state index is -4.77. The lowest BCUT2D eigenvalue weighted by Gasteiger charge is -2.18. The SMILES string of the molecule is CC/C=C/C=C/C=C/CCCCCCCC(=O)OC(COC(=O)CCCCC/C=C/C/C=C/C/C=C/C/C=C/CC)COP(=O)(O)O. The zero-order valence-corrected chi connectivity index (χ0v) is 29.8. The van der Waals surface area contributed by atoms with E-state index in [1.54, 1.807) is 0 Å². The monoisotopic (exact) mass is 676 g/mol. The molecule has 0 heterocycles. The minimum absolute atomic E-state index is 0.176. The normalized spacial score (nSPS) is 13.5. The van der Waals surface area contributed by atoms with E-state index in [0.717, 1.165) is 83.5 Å². The molecule has 0 aliphatic rings. The van der Waals surface area contributed by atoms with Crippen molar-refractivity contribution in [3.05, 3.63) is 85.1 Å². The highest BCUT2D eigenvalue weighted by molar-refractivity contribution is 7.46. The standard InChI is InChI=1S/C38H61O8P/c1-3-5-7-9-11-13-15-17-18-19-21-22-24-26-28-30-32-37(39)44-34-36(35-45-47(41,42)43)46-38(40)33-31-29-27-25-23-20-16-14-12-10-8-6-4-2/h5-8,10-14,16-18,21-22,36H,3-4,9,15,19-20,23-35H2,1-2H3,(H2,41,42,43)/b7-5+,8-6+,12-10+,13-11+,16-14+,18-17+,22-21+. The van der Waals surface area contributed by atoms with Crippen LogP contribution in [0.25, 0.3) is 0 Å². The second-order valence-corrected chi connectivity index (χ2v) is 12.4. The summed E-state index contributed by atoms with van der Waals surface area (Å²) in [5.41, 5.74) is 0. The van der Waals surface area contributed by atoms with Crippen LogP contribution < -0.4 is 0 Å². The van der Waals surface area contributed by atoms with Crippen molar-refractivity contribution in [1.29, 1.82) is 0 Å². The first-order valence-corrected chi connectivity index (χ1v) is 18.9. The first kappa shape index (κ1) is 44.2. The zero-order chi connectivity index (χ0) is 34.7. The maximum Gasteiger partial charge on any atom is 0.469 e. The summed E-state index contributed by atoms with van der Waals surface area (Å²) in [6, 6.07) is 0. The van der Waals surface area contributed by atoms with Gasteiger partial charge in [0, 0.05) is 12.8 Å². The lowest BCUT2D eigenvalue weighted by atomic mass is 10.1. The molecule has 1 atom stereocenters. The van der Waals surface area contributed by atoms with Gasteiger partial charge in [-0.3, -0.25) is 14.1 Å². The second kappa shape index (κ2) is 33.1. The summed E-state index contributed by atoms with van der Waals surface area (Å²) in [7, 11) is -4.77. The van der Waals surface area contributed by atoms with Crippen molar-refractivity contribution in [2.45, 2.75) is 129 Å². The van der Waals surface area contributed by atoms with Gasteiger partial charge in [-0.1, -0.05) is 125 Å². The number of phosphoric ester groups is 1. The molecule has 0 spiro atoms. The number of hydrogen-bond acceptors (Lipinski definition) is 6. The molecule has 0 amide bonds. The maximum absolute atomic E-state index is 12.3. The van der Waals surface area contributed by atoms with Crippen molar-refractivity contribution in [2.75, 3.05) is 13.2 Å². The van der Waals surface area contributed by atoms with Crippen LogP contribution in [0.1, 0.15) is 123 Å². The number of ether oxygens (including phenoxy) is 2. The Balaban J connectivity index is 4.12. The Morgan fingerprint density at radius 3 is 1.68 bits per heavy atom. The summed E-state index contributed by atoms with van der Waals surface area (Å²) >= 11 is 0. The summed E-state index contributed by atoms with van der Waals surface area (Å²) in [6.07, 6.45) is 43.1. The van der Waals surface area contributed by atoms with Gasteiger partial charge in [0.25, 0.3) is 0 Å². The average molecular weight is 677 g/mol. The van der Waals surface area contributed by atoms with Crippen molar-refractivity contribution in [2.24, 2.45) is 0 Å². The van der Waals surface area contributed by atoms with Gasteiger partial charge >= 0.3 is 19.8 Å². The van der Waals surface area contributed by atoms with E-state index in [2.05, 4.69) is 85.2 Å². The molecule has 0 fully saturated rings. The predicted molar refractivity (Wildman–Crippen MR) is 193 cm³/mol. The third-order valence-electron chi connectivity index (χ3n) is 6.72. The summed E-state index contributed by atoms with van der Waals surface area (Å²) in [4.78, 5) is 42.6. The molecule has 0 saturated carbocycles. The summed E-state index contributed by atoms with van der Waals surface area (Å²) in [5.74, 6) is -0.958. The molecule has 0 aromatic heterocycles. The third kappa shape index (κ3) is 35.9. The van der Waals surface area contributed by atoms with Crippen LogP contribution in [0.2, 0.25) is 0 Å². The van der Waals surface area contributed by atoms with Crippen LogP contribution in [0.15, 0.2) is 85.1 Å². The molecule has 0 bridgehead atoms. The first-order valence-electron chi connectivity index (χ1n) is 17.4. The van der Waals surface area contributed by atoms with Crippen LogP contribution >= 0.6 is 7.82 Å². The number of esters is 2. The third-order valence-corrected chi connectivity index (χ3v) is 7.21. The van der Waals surface area contributed by atoms with Crippen LogP contribution in [-0.2, 0) is 28.2 Å². The number of carbonyl (C=O) groups excluding carboxylic acids is 2. The summed E-state index contributed by atoms with van der Waals surface area (Å²) < 4.78 is 26.2. The largest absolute Gasteiger partial charge is 0.469 e. The van der Waals surface area contributed by atoms with Crippen molar-refractivity contribution < 1.29 is 37.9 Å². The highest BCUT2D eigenvalue weighted by Crippen LogP contribution is 2.35. The highest BCUT2D eigenvalue weighted by Gasteiger charge is 2.22. The molecule has 2 N–H and O–H groups in total. The number of rotatable bonds is 30. The fraction of sp³-hybridized carbons (Fsp3) is 0.579. The molecular weight excluding hydrogens is 615 g/mol. The van der Waals surface area contributed by atoms with E-state index in [1.165, 1.54) is 0 Å². The van der Waals surface area contributed by atoms with Gasteiger partial charge in [-0.15, -0.1) is 0 Å². The van der Waals surface area contributed by atoms with Gasteiger partial charge in [-0.25, -0.2) is 4.57 Å². The van der Waals surface area contributed by atoms with Crippen molar-refractivity contribution in [1.82, 2.24) is 0 Å². The van der Waals surface area contributed by atoms with Gasteiger partial charge in [0.05, 0.1) is 6.61 Å². The molecule has 0 saturated heterocycles. The Morgan fingerprint density at radius 1 is 0.574 bits per heavy atom. The molecule has 8 nitrogen and oxygen atoms in total. The van der Waals surface area contributed by atoms with Gasteiger partial charge in [0.15, 0.2) is 6.10 Å². The van der Waals surface area contributed by atoms with Gasteiger partial charge in [0.1, 0.15) is 6.61 Å². The number of carbonyl (C=O) groups is 2. The molecular formula is C38H61O8P. The molecule has 0 aromatic rings. The number of hydrogen-bond donors (Lipinski definition) is 2. The molecule has 1 unspecified atom stereocenters. The van der Waals surface area contributed by atoms with E-state index in [0.29, 0.717) is 12.8 Å². The van der Waals surface area contributed by atoms with Crippen LogP contribution in [0.4, 0.5) is 0 Å². The van der Waals surface area contributed by atoms with Gasteiger partial charge in [-0.2, -0.15) is 0 Å². The summed E-state index contributed by atoms with van der Waals surface area (Å²) in [6.45, 7) is 3.35. The van der Waals surface area contributed by atoms with Crippen LogP contribution in [0.5, 0.6) is 0 Å². The molecule has 0 aliphatic heterocycles. The Kier molecular flexibility index (Phi) is 31.2. The Morgan fingerprint density at radius 2 is 1.06 bits per heavy atom. The topological polar surface area (TPSA) is 119 Å². The quantitative estimate of drug-likeness (QED) is 0.0254. The minimum Gasteiger partial charge on any atom is -0.462 e. The fourth-order valence-electron chi connectivity index (χ4n) is 4.18.